The van der Waals surface area contributed by atoms with Crippen LogP contribution in [0.5, 0.6) is 0 Å². The Hall–Kier alpha value is -2.54. The highest BCUT2D eigenvalue weighted by atomic mass is 16.2. The van der Waals surface area contributed by atoms with Gasteiger partial charge in [-0.1, -0.05) is 13.8 Å². The minimum atomic E-state index is -0.430. The van der Waals surface area contributed by atoms with Crippen molar-refractivity contribution in [2.45, 2.75) is 45.6 Å². The Balaban J connectivity index is 2.23. The van der Waals surface area contributed by atoms with E-state index in [9.17, 15) is 9.59 Å². The number of H-pyrrole nitrogens is 1. The number of carbonyl (C=O) groups is 1. The number of nitrogens with zero attached hydrogens (tertiary/aromatic N) is 2. The number of nitrogens with two attached hydrogens (primary N) is 1. The first-order valence-electron chi connectivity index (χ1n) is 8.46. The molecule has 0 aliphatic carbocycles. The minimum absolute atomic E-state index is 0.0246. The Labute approximate surface area is 147 Å². The lowest BCUT2D eigenvalue weighted by atomic mass is 9.92. The highest BCUT2D eigenvalue weighted by Crippen LogP contribution is 2.15. The summed E-state index contributed by atoms with van der Waals surface area (Å²) in [6.45, 7) is 6.06. The molecule has 0 fully saturated rings. The number of hydrogen-bond donors (Lipinski definition) is 3. The van der Waals surface area contributed by atoms with E-state index < -0.39 is 5.54 Å². The molecule has 4 N–H and O–H groups in total. The highest BCUT2D eigenvalue weighted by Gasteiger charge is 2.27. The van der Waals surface area contributed by atoms with Gasteiger partial charge in [0.1, 0.15) is 5.82 Å². The van der Waals surface area contributed by atoms with Crippen LogP contribution in [0.2, 0.25) is 0 Å². The summed E-state index contributed by atoms with van der Waals surface area (Å²) in [5.74, 6) is 0.219. The third kappa shape index (κ3) is 4.30. The van der Waals surface area contributed by atoms with Crippen LogP contribution >= 0.6 is 0 Å². The summed E-state index contributed by atoms with van der Waals surface area (Å²) >= 11 is 0. The number of rotatable bonds is 7. The second-order valence-electron chi connectivity index (χ2n) is 6.14. The van der Waals surface area contributed by atoms with Crippen LogP contribution in [0, 0.1) is 6.92 Å². The number of aromatic amines is 1. The average Bonchev–Trinajstić information content (AvgIpc) is 2.63. The van der Waals surface area contributed by atoms with Crippen LogP contribution in [0.3, 0.4) is 0 Å². The Morgan fingerprint density at radius 1 is 1.36 bits per heavy atom. The molecule has 0 aromatic carbocycles. The third-order valence-electron chi connectivity index (χ3n) is 4.64. The monoisotopic (exact) mass is 343 g/mol. The molecule has 0 radical (unpaired) electrons. The Bertz CT molecular complexity index is 774. The molecule has 25 heavy (non-hydrogen) atoms. The zero-order valence-corrected chi connectivity index (χ0v) is 14.9. The van der Waals surface area contributed by atoms with E-state index in [1.807, 2.05) is 19.9 Å². The number of carbonyl (C=O) groups excluding carboxylic acids is 1. The second-order valence-corrected chi connectivity index (χ2v) is 6.14. The fraction of sp³-hybridized carbons (Fsp3) is 0.444. The minimum Gasteiger partial charge on any atom is -0.349 e. The lowest BCUT2D eigenvalue weighted by molar-refractivity contribution is -0.122. The first-order valence-corrected chi connectivity index (χ1v) is 8.46. The quantitative estimate of drug-likeness (QED) is 0.701. The van der Waals surface area contributed by atoms with Crippen LogP contribution < -0.4 is 16.6 Å². The molecule has 7 heteroatoms. The molecule has 0 spiro atoms. The van der Waals surface area contributed by atoms with Crippen molar-refractivity contribution >= 4 is 5.91 Å². The van der Waals surface area contributed by atoms with Gasteiger partial charge < -0.3 is 16.0 Å². The van der Waals surface area contributed by atoms with Gasteiger partial charge in [0.2, 0.25) is 5.91 Å². The molecule has 0 bridgehead atoms. The molecule has 134 valence electrons. The van der Waals surface area contributed by atoms with Crippen LogP contribution in [0.15, 0.2) is 29.3 Å². The average molecular weight is 343 g/mol. The van der Waals surface area contributed by atoms with Crippen molar-refractivity contribution in [3.05, 3.63) is 46.1 Å². The molecule has 2 heterocycles. The SMILES string of the molecule is CCC(CC)(CN)NC(=O)Cc1c(C)nc(-c2cccnc2)[nH]c1=O. The molecule has 1 amide bonds. The summed E-state index contributed by atoms with van der Waals surface area (Å²) < 4.78 is 0. The smallest absolute Gasteiger partial charge is 0.255 e. The summed E-state index contributed by atoms with van der Waals surface area (Å²) in [5.41, 5.74) is 6.69. The van der Waals surface area contributed by atoms with Crippen LogP contribution in [-0.4, -0.2) is 32.9 Å². The number of amides is 1. The van der Waals surface area contributed by atoms with Gasteiger partial charge in [-0.3, -0.25) is 14.6 Å². The molecule has 0 aliphatic heterocycles. The van der Waals surface area contributed by atoms with Crippen LogP contribution in [0.1, 0.15) is 37.9 Å². The summed E-state index contributed by atoms with van der Waals surface area (Å²) in [6.07, 6.45) is 4.72. The van der Waals surface area contributed by atoms with Gasteiger partial charge in [0.05, 0.1) is 12.0 Å². The summed E-state index contributed by atoms with van der Waals surface area (Å²) in [5, 5.41) is 2.97. The van der Waals surface area contributed by atoms with Gasteiger partial charge in [0, 0.05) is 35.8 Å². The van der Waals surface area contributed by atoms with Crippen molar-refractivity contribution < 1.29 is 4.79 Å². The molecular weight excluding hydrogens is 318 g/mol. The molecule has 2 aromatic rings. The van der Waals surface area contributed by atoms with Crippen molar-refractivity contribution in [2.24, 2.45) is 5.73 Å². The zero-order valence-electron chi connectivity index (χ0n) is 14.9. The van der Waals surface area contributed by atoms with Crippen molar-refractivity contribution in [2.75, 3.05) is 6.54 Å². The number of hydrogen-bond acceptors (Lipinski definition) is 5. The summed E-state index contributed by atoms with van der Waals surface area (Å²) in [6, 6.07) is 3.59. The standard InChI is InChI=1S/C18H25N5O2/c1-4-18(5-2,11-19)23-15(24)9-14-12(3)21-16(22-17(14)25)13-7-6-8-20-10-13/h6-8,10H,4-5,9,11,19H2,1-3H3,(H,23,24)(H,21,22,25). The first-order chi connectivity index (χ1) is 11.9. The summed E-state index contributed by atoms with van der Waals surface area (Å²) in [4.78, 5) is 36.0. The topological polar surface area (TPSA) is 114 Å². The van der Waals surface area contributed by atoms with Gasteiger partial charge >= 0.3 is 0 Å². The van der Waals surface area contributed by atoms with Crippen LogP contribution in [0.25, 0.3) is 11.4 Å². The normalized spacial score (nSPS) is 11.4. The van der Waals surface area contributed by atoms with E-state index in [2.05, 4.69) is 20.3 Å². The maximum Gasteiger partial charge on any atom is 0.255 e. The van der Waals surface area contributed by atoms with E-state index in [1.165, 1.54) is 0 Å². The molecule has 0 saturated heterocycles. The van der Waals surface area contributed by atoms with Gasteiger partial charge in [-0.15, -0.1) is 0 Å². The van der Waals surface area contributed by atoms with Gasteiger partial charge in [-0.2, -0.15) is 0 Å². The third-order valence-corrected chi connectivity index (χ3v) is 4.64. The van der Waals surface area contributed by atoms with E-state index in [4.69, 9.17) is 5.73 Å². The molecule has 0 atom stereocenters. The molecule has 0 aliphatic rings. The fourth-order valence-corrected chi connectivity index (χ4v) is 2.73. The van der Waals surface area contributed by atoms with Gasteiger partial charge in [-0.05, 0) is 31.9 Å². The number of nitrogens with one attached hydrogen (secondary N) is 2. The molecular formula is C18H25N5O2. The molecule has 2 rings (SSSR count). The van der Waals surface area contributed by atoms with Crippen LogP contribution in [0.4, 0.5) is 0 Å². The molecule has 7 nitrogen and oxygen atoms in total. The lowest BCUT2D eigenvalue weighted by Gasteiger charge is -2.31. The van der Waals surface area contributed by atoms with Gasteiger partial charge in [-0.25, -0.2) is 4.98 Å². The largest absolute Gasteiger partial charge is 0.349 e. The lowest BCUT2D eigenvalue weighted by Crippen LogP contribution is -2.53. The number of aromatic nitrogens is 3. The van der Waals surface area contributed by atoms with Crippen molar-refractivity contribution in [1.82, 2.24) is 20.3 Å². The Kier molecular flexibility index (Phi) is 6.03. The van der Waals surface area contributed by atoms with Crippen molar-refractivity contribution in [3.63, 3.8) is 0 Å². The summed E-state index contributed by atoms with van der Waals surface area (Å²) in [7, 11) is 0. The maximum absolute atomic E-state index is 12.4. The van der Waals surface area contributed by atoms with Gasteiger partial charge in [0.25, 0.3) is 5.56 Å². The Morgan fingerprint density at radius 3 is 2.60 bits per heavy atom. The van der Waals surface area contributed by atoms with Crippen molar-refractivity contribution in [3.8, 4) is 11.4 Å². The maximum atomic E-state index is 12.4. The highest BCUT2D eigenvalue weighted by molar-refractivity contribution is 5.79. The van der Waals surface area contributed by atoms with Gasteiger partial charge in [0.15, 0.2) is 0 Å². The van der Waals surface area contributed by atoms with Crippen LogP contribution in [-0.2, 0) is 11.2 Å². The molecule has 0 saturated carbocycles. The number of pyridine rings is 1. The molecule has 2 aromatic heterocycles. The zero-order chi connectivity index (χ0) is 18.4. The predicted molar refractivity (Wildman–Crippen MR) is 97.0 cm³/mol. The first kappa shape index (κ1) is 18.8. The van der Waals surface area contributed by atoms with E-state index in [1.54, 1.807) is 25.4 Å². The number of aryl methyl sites for hydroxylation is 1. The van der Waals surface area contributed by atoms with E-state index in [-0.39, 0.29) is 17.9 Å². The van der Waals surface area contributed by atoms with E-state index in [0.29, 0.717) is 23.6 Å². The van der Waals surface area contributed by atoms with E-state index >= 15 is 0 Å². The second kappa shape index (κ2) is 8.02. The van der Waals surface area contributed by atoms with Crippen molar-refractivity contribution in [1.29, 1.82) is 0 Å². The molecule has 0 unspecified atom stereocenters. The Morgan fingerprint density at radius 2 is 2.08 bits per heavy atom. The predicted octanol–water partition coefficient (Wildman–Crippen LogP) is 1.32. The van der Waals surface area contributed by atoms with E-state index in [0.717, 1.165) is 18.4 Å². The fourth-order valence-electron chi connectivity index (χ4n) is 2.73.